The van der Waals surface area contributed by atoms with Gasteiger partial charge >= 0.3 is 23.9 Å². The van der Waals surface area contributed by atoms with Crippen LogP contribution < -0.4 is 5.73 Å². The van der Waals surface area contributed by atoms with Crippen molar-refractivity contribution in [3.63, 3.8) is 0 Å². The van der Waals surface area contributed by atoms with Gasteiger partial charge in [0.05, 0.1) is 0 Å². The van der Waals surface area contributed by atoms with Crippen LogP contribution in [0.5, 0.6) is 0 Å². The summed E-state index contributed by atoms with van der Waals surface area (Å²) >= 11 is 1.24. The number of esters is 4. The second kappa shape index (κ2) is 11.1. The first-order valence-electron chi connectivity index (χ1n) is 8.27. The van der Waals surface area contributed by atoms with Gasteiger partial charge in [0.15, 0.2) is 18.3 Å². The SMILES string of the molecule is CC(=O)OCC1OC(SCCN)C(OC(C)=O)C(OC(C)=O)C1OC(C)=O. The number of nitrogens with two attached hydrogens (primary N) is 1. The van der Waals surface area contributed by atoms with Crippen LogP contribution in [0, 0.1) is 0 Å². The minimum atomic E-state index is -1.14. The second-order valence-electron chi connectivity index (χ2n) is 5.73. The Kier molecular flexibility index (Phi) is 9.53. The highest BCUT2D eigenvalue weighted by Gasteiger charge is 2.52. The van der Waals surface area contributed by atoms with Crippen LogP contribution in [-0.2, 0) is 42.9 Å². The fraction of sp³-hybridized carbons (Fsp3) is 0.750. The van der Waals surface area contributed by atoms with E-state index in [-0.39, 0.29) is 6.61 Å². The second-order valence-corrected chi connectivity index (χ2v) is 6.93. The van der Waals surface area contributed by atoms with E-state index in [1.54, 1.807) is 0 Å². The van der Waals surface area contributed by atoms with Crippen LogP contribution in [-0.4, -0.2) is 72.6 Å². The molecule has 0 aliphatic carbocycles. The van der Waals surface area contributed by atoms with Gasteiger partial charge < -0.3 is 29.4 Å². The highest BCUT2D eigenvalue weighted by molar-refractivity contribution is 7.99. The van der Waals surface area contributed by atoms with Gasteiger partial charge in [-0.2, -0.15) is 0 Å². The molecule has 5 atom stereocenters. The van der Waals surface area contributed by atoms with Gasteiger partial charge in [-0.25, -0.2) is 0 Å². The van der Waals surface area contributed by atoms with Crippen LogP contribution in [0.15, 0.2) is 0 Å². The Hall–Kier alpha value is -1.85. The maximum absolute atomic E-state index is 11.6. The van der Waals surface area contributed by atoms with Crippen molar-refractivity contribution >= 4 is 35.6 Å². The fourth-order valence-corrected chi connectivity index (χ4v) is 3.50. The van der Waals surface area contributed by atoms with Gasteiger partial charge in [0.1, 0.15) is 18.1 Å². The molecule has 0 saturated carbocycles. The van der Waals surface area contributed by atoms with E-state index in [1.165, 1.54) is 39.5 Å². The van der Waals surface area contributed by atoms with Gasteiger partial charge in [0, 0.05) is 40.0 Å². The Balaban J connectivity index is 3.22. The summed E-state index contributed by atoms with van der Waals surface area (Å²) < 4.78 is 26.7. The van der Waals surface area contributed by atoms with Crippen molar-refractivity contribution in [3.05, 3.63) is 0 Å². The van der Waals surface area contributed by atoms with Crippen LogP contribution in [0.2, 0.25) is 0 Å². The number of ether oxygens (including phenoxy) is 5. The molecule has 0 spiro atoms. The molecule has 1 aliphatic heterocycles. The quantitative estimate of drug-likeness (QED) is 0.421. The van der Waals surface area contributed by atoms with Gasteiger partial charge in [-0.15, -0.1) is 11.8 Å². The predicted octanol–water partition coefficient (Wildman–Crippen LogP) is -0.239. The molecule has 1 heterocycles. The van der Waals surface area contributed by atoms with E-state index in [0.29, 0.717) is 12.3 Å². The summed E-state index contributed by atoms with van der Waals surface area (Å²) in [6, 6.07) is 0. The molecule has 10 nitrogen and oxygen atoms in total. The lowest BCUT2D eigenvalue weighted by atomic mass is 9.99. The molecular weight excluding hydrogens is 382 g/mol. The Bertz CT molecular complexity index is 556. The zero-order chi connectivity index (χ0) is 20.6. The Morgan fingerprint density at radius 2 is 1.37 bits per heavy atom. The van der Waals surface area contributed by atoms with Gasteiger partial charge in [0.25, 0.3) is 0 Å². The molecule has 1 saturated heterocycles. The lowest BCUT2D eigenvalue weighted by Crippen LogP contribution is -2.61. The summed E-state index contributed by atoms with van der Waals surface area (Å²) in [5, 5.41) is 0. The van der Waals surface area contributed by atoms with Gasteiger partial charge in [-0.3, -0.25) is 19.2 Å². The number of hydrogen-bond donors (Lipinski definition) is 1. The van der Waals surface area contributed by atoms with E-state index in [9.17, 15) is 19.2 Å². The maximum Gasteiger partial charge on any atom is 0.303 e. The fourth-order valence-electron chi connectivity index (χ4n) is 2.51. The minimum absolute atomic E-state index is 0.239. The molecule has 0 amide bonds. The summed E-state index contributed by atoms with van der Waals surface area (Å²) in [5.41, 5.74) is 4.76. The predicted molar refractivity (Wildman–Crippen MR) is 93.5 cm³/mol. The molecule has 27 heavy (non-hydrogen) atoms. The van der Waals surface area contributed by atoms with Gasteiger partial charge in [-0.05, 0) is 0 Å². The minimum Gasteiger partial charge on any atom is -0.463 e. The molecule has 0 bridgehead atoms. The van der Waals surface area contributed by atoms with Crippen molar-refractivity contribution in [2.24, 2.45) is 5.73 Å². The molecule has 1 aliphatic rings. The van der Waals surface area contributed by atoms with Gasteiger partial charge in [0.2, 0.25) is 0 Å². The van der Waals surface area contributed by atoms with Gasteiger partial charge in [-0.1, -0.05) is 0 Å². The van der Waals surface area contributed by atoms with Crippen molar-refractivity contribution in [1.82, 2.24) is 0 Å². The van der Waals surface area contributed by atoms with E-state index < -0.39 is 53.7 Å². The summed E-state index contributed by atoms with van der Waals surface area (Å²) in [4.78, 5) is 45.9. The third kappa shape index (κ3) is 7.73. The molecule has 5 unspecified atom stereocenters. The first-order chi connectivity index (χ1) is 12.6. The summed E-state index contributed by atoms with van der Waals surface area (Å²) in [5.74, 6) is -2.04. The molecule has 0 radical (unpaired) electrons. The molecule has 0 aromatic rings. The molecule has 154 valence electrons. The van der Waals surface area contributed by atoms with E-state index >= 15 is 0 Å². The number of rotatable bonds is 8. The van der Waals surface area contributed by atoms with Crippen molar-refractivity contribution < 1.29 is 42.9 Å². The van der Waals surface area contributed by atoms with E-state index in [1.807, 2.05) is 0 Å². The average Bonchev–Trinajstić information content (AvgIpc) is 2.54. The summed E-state index contributed by atoms with van der Waals surface area (Å²) in [7, 11) is 0. The number of hydrogen-bond acceptors (Lipinski definition) is 11. The average molecular weight is 407 g/mol. The summed E-state index contributed by atoms with van der Waals surface area (Å²) in [6.45, 7) is 4.85. The lowest BCUT2D eigenvalue weighted by Gasteiger charge is -2.44. The summed E-state index contributed by atoms with van der Waals surface area (Å²) in [6.07, 6.45) is -4.24. The highest BCUT2D eigenvalue weighted by atomic mass is 32.2. The molecule has 1 rings (SSSR count). The van der Waals surface area contributed by atoms with Crippen molar-refractivity contribution in [1.29, 1.82) is 0 Å². The number of carbonyl (C=O) groups excluding carboxylic acids is 4. The normalized spacial score (nSPS) is 27.4. The topological polar surface area (TPSA) is 140 Å². The third-order valence-corrected chi connectivity index (χ3v) is 4.53. The Labute approximate surface area is 161 Å². The van der Waals surface area contributed by atoms with E-state index in [2.05, 4.69) is 0 Å². The van der Waals surface area contributed by atoms with Crippen LogP contribution in [0.1, 0.15) is 27.7 Å². The molecule has 1 fully saturated rings. The molecule has 11 heteroatoms. The lowest BCUT2D eigenvalue weighted by molar-refractivity contribution is -0.237. The largest absolute Gasteiger partial charge is 0.463 e. The third-order valence-electron chi connectivity index (χ3n) is 3.35. The Morgan fingerprint density at radius 3 is 1.85 bits per heavy atom. The van der Waals surface area contributed by atoms with Crippen molar-refractivity contribution in [2.75, 3.05) is 18.9 Å². The van der Waals surface area contributed by atoms with Crippen LogP contribution >= 0.6 is 11.8 Å². The zero-order valence-corrected chi connectivity index (χ0v) is 16.5. The number of carbonyl (C=O) groups is 4. The van der Waals surface area contributed by atoms with Crippen molar-refractivity contribution in [2.45, 2.75) is 57.5 Å². The van der Waals surface area contributed by atoms with E-state index in [4.69, 9.17) is 29.4 Å². The van der Waals surface area contributed by atoms with Crippen LogP contribution in [0.4, 0.5) is 0 Å². The standard InChI is InChI=1S/C16H25NO9S/c1-8(18)22-7-12-13(23-9(2)19)14(24-10(3)20)15(25-11(4)21)16(26-12)27-6-5-17/h12-16H,5-7,17H2,1-4H3. The molecular formula is C16H25NO9S. The Morgan fingerprint density at radius 1 is 0.852 bits per heavy atom. The monoisotopic (exact) mass is 407 g/mol. The smallest absolute Gasteiger partial charge is 0.303 e. The number of thioether (sulfide) groups is 1. The van der Waals surface area contributed by atoms with Crippen LogP contribution in [0.3, 0.4) is 0 Å². The first kappa shape index (κ1) is 23.2. The van der Waals surface area contributed by atoms with Crippen LogP contribution in [0.25, 0.3) is 0 Å². The highest BCUT2D eigenvalue weighted by Crippen LogP contribution is 2.34. The first-order valence-corrected chi connectivity index (χ1v) is 9.32. The van der Waals surface area contributed by atoms with E-state index in [0.717, 1.165) is 0 Å². The molecule has 0 aromatic heterocycles. The maximum atomic E-state index is 11.6. The zero-order valence-electron chi connectivity index (χ0n) is 15.7. The molecule has 0 aromatic carbocycles. The molecule has 2 N–H and O–H groups in total. The van der Waals surface area contributed by atoms with Crippen molar-refractivity contribution in [3.8, 4) is 0 Å².